The fraction of sp³-hybridized carbons (Fsp3) is 0.0500. The van der Waals surface area contributed by atoms with E-state index in [0.717, 1.165) is 55.4 Å². The monoisotopic (exact) mass is 1550 g/mol. The van der Waals surface area contributed by atoms with Gasteiger partial charge in [0.25, 0.3) is 0 Å². The van der Waals surface area contributed by atoms with E-state index in [9.17, 15) is 0 Å². The minimum atomic E-state index is -0.668. The minimum Gasteiger partial charge on any atom is -0.405 e. The van der Waals surface area contributed by atoms with Crippen LogP contribution in [0, 0.1) is 540 Å². The molecule has 6 heteroatoms. The van der Waals surface area contributed by atoms with Crippen LogP contribution in [0.1, 0.15) is 33.4 Å². The van der Waals surface area contributed by atoms with Crippen LogP contribution in [0.25, 0.3) is 22.3 Å². The third-order valence-electron chi connectivity index (χ3n) is 13.9. The fourth-order valence-corrected chi connectivity index (χ4v) is 9.65. The molecule has 2 fully saturated rings. The Hall–Kier alpha value is -23.0. The van der Waals surface area contributed by atoms with Crippen molar-refractivity contribution in [2.24, 2.45) is 0 Å². The highest BCUT2D eigenvalue weighted by molar-refractivity contribution is 6.62. The van der Waals surface area contributed by atoms with Crippen LogP contribution in [0.5, 0.6) is 0 Å². The molecule has 4 nitrogen and oxygen atoms in total. The summed E-state index contributed by atoms with van der Waals surface area (Å²) in [5, 5.41) is 0. The van der Waals surface area contributed by atoms with Crippen molar-refractivity contribution < 1.29 is 18.6 Å². The maximum absolute atomic E-state index is 6.02. The summed E-state index contributed by atoms with van der Waals surface area (Å²) in [6.07, 6.45) is 4.96. The van der Waals surface area contributed by atoms with Gasteiger partial charge in [-0.25, -0.2) is 0 Å². The summed E-state index contributed by atoms with van der Waals surface area (Å²) in [4.78, 5) is 0. The summed E-state index contributed by atoms with van der Waals surface area (Å²) in [6, 6.07) is 26.2. The van der Waals surface area contributed by atoms with E-state index >= 15 is 0 Å². The largest absolute Gasteiger partial charge is 0.494 e. The Kier molecular flexibility index (Phi) is 40.8. The first kappa shape index (κ1) is 88.6. The van der Waals surface area contributed by atoms with E-state index in [1.54, 1.807) is 0 Å². The molecule has 2 saturated heterocycles. The zero-order valence-electron chi connectivity index (χ0n) is 65.1. The molecule has 534 valence electrons. The Balaban J connectivity index is 0.653. The molecule has 4 aromatic rings. The molecule has 0 bridgehead atoms. The van der Waals surface area contributed by atoms with E-state index in [1.807, 2.05) is 6.07 Å². The van der Waals surface area contributed by atoms with Crippen molar-refractivity contribution in [3.63, 3.8) is 0 Å². The van der Waals surface area contributed by atoms with Crippen molar-refractivity contribution >= 4 is 25.2 Å². The Bertz CT molecular complexity index is 8660. The van der Waals surface area contributed by atoms with Crippen molar-refractivity contribution in [1.29, 1.82) is 0 Å². The second kappa shape index (κ2) is 58.0. The van der Waals surface area contributed by atoms with Crippen LogP contribution < -0.4 is 10.9 Å². The van der Waals surface area contributed by atoms with E-state index in [4.69, 9.17) is 25.0 Å². The third kappa shape index (κ3) is 33.8. The van der Waals surface area contributed by atoms with Gasteiger partial charge in [0, 0.05) is 432 Å². The lowest BCUT2D eigenvalue weighted by Gasteiger charge is -2.31. The average molecular weight is 1550 g/mol. The smallest absolute Gasteiger partial charge is 0.405 e. The summed E-state index contributed by atoms with van der Waals surface area (Å²) in [5.41, 5.74) is 12.5. The number of benzene rings is 4. The van der Waals surface area contributed by atoms with Crippen molar-refractivity contribution in [3.8, 4) is 556 Å². The lowest BCUT2D eigenvalue weighted by Crippen LogP contribution is -2.35. The van der Waals surface area contributed by atoms with Crippen LogP contribution in [0.15, 0.2) is 72.8 Å². The molecule has 1 spiro atoms. The minimum absolute atomic E-state index is 0.439. The average Bonchev–Trinajstić information content (AvgIpc) is 1.50. The standard InChI is InChI=1S/C120H24B2O4/c1-3-4-5-6-7-8-9-10-11-12-13-14-15-16-17-18-19-20-21-22-23-24-25-26-27-28-29-30-31-32-33-34-35-36-37-38-39-40-41-42-43-44-45-46-47-48-49-50-51-52-53-54-55-56-57-58-59-60-61-62-63-64-65-66-67-68-69-70-71-72-73-74-75-76-77-78-79-80-81-82-83-84-85-86-87-88-89-90-91-109-93-97-113-112-96-92-108(2)104-116(112)120(117(113)105-109)118-106-110(121-123-100-101-124-121)94-98-114(118)115-99-95-111(107-119(115)120)122-125-102-103-126-122/h1,92-99,104-107H,100-103H2,2H3. The predicted molar refractivity (Wildman–Crippen MR) is 492 cm³/mol. The Morgan fingerprint density at radius 3 is 0.571 bits per heavy atom. The van der Waals surface area contributed by atoms with Crippen molar-refractivity contribution in [1.82, 2.24) is 0 Å². The van der Waals surface area contributed by atoms with Gasteiger partial charge in [-0.3, -0.25) is 0 Å². The first-order chi connectivity index (χ1) is 62.7. The molecular weight excluding hydrogens is 1530 g/mol. The number of terminal acetylenes is 1. The Labute approximate surface area is 739 Å². The first-order valence-electron chi connectivity index (χ1n) is 35.2. The van der Waals surface area contributed by atoms with E-state index < -0.39 is 19.7 Å². The third-order valence-corrected chi connectivity index (χ3v) is 13.9. The molecule has 0 radical (unpaired) electrons. The number of hydrogen-bond donors (Lipinski definition) is 0. The summed E-state index contributed by atoms with van der Waals surface area (Å²) in [6.45, 7) is 4.32. The summed E-state index contributed by atoms with van der Waals surface area (Å²) < 4.78 is 24.1. The maximum atomic E-state index is 6.02. The Morgan fingerprint density at radius 1 is 0.198 bits per heavy atom. The molecule has 0 amide bonds. The predicted octanol–water partition coefficient (Wildman–Crippen LogP) is 3.95. The Morgan fingerprint density at radius 2 is 0.365 bits per heavy atom. The van der Waals surface area contributed by atoms with Gasteiger partial charge in [0.1, 0.15) is 0 Å². The van der Waals surface area contributed by atoms with Gasteiger partial charge in [0.15, 0.2) is 0 Å². The highest BCUT2D eigenvalue weighted by atomic mass is 16.6. The second-order valence-electron chi connectivity index (χ2n) is 21.5. The molecule has 4 aromatic carbocycles. The van der Waals surface area contributed by atoms with Crippen LogP contribution in [0.2, 0.25) is 0 Å². The number of rotatable bonds is 2. The van der Waals surface area contributed by atoms with Crippen molar-refractivity contribution in [3.05, 3.63) is 106 Å². The van der Waals surface area contributed by atoms with E-state index in [-0.39, 0.29) is 0 Å². The normalized spacial score (nSPS) is 8.19. The van der Waals surface area contributed by atoms with Crippen molar-refractivity contribution in [2.75, 3.05) is 26.4 Å². The topological polar surface area (TPSA) is 36.9 Å². The molecule has 0 unspecified atom stereocenters. The van der Waals surface area contributed by atoms with E-state index in [2.05, 4.69) is 601 Å². The van der Waals surface area contributed by atoms with Crippen LogP contribution in [-0.2, 0) is 24.0 Å². The van der Waals surface area contributed by atoms with Gasteiger partial charge in [-0.15, -0.1) is 6.42 Å². The lowest BCUT2D eigenvalue weighted by atomic mass is 9.67. The molecule has 0 saturated carbocycles. The maximum Gasteiger partial charge on any atom is 0.494 e. The molecule has 2 aliphatic carbocycles. The van der Waals surface area contributed by atoms with Crippen LogP contribution >= 0.6 is 0 Å². The molecule has 0 aromatic heterocycles. The highest BCUT2D eigenvalue weighted by Crippen LogP contribution is 2.62. The van der Waals surface area contributed by atoms with Crippen molar-refractivity contribution in [2.45, 2.75) is 12.3 Å². The molecule has 0 atom stereocenters. The van der Waals surface area contributed by atoms with Gasteiger partial charge in [-0.2, -0.15) is 0 Å². The molecule has 8 rings (SSSR count). The second-order valence-corrected chi connectivity index (χ2v) is 21.5. The molecule has 2 heterocycles. The zero-order chi connectivity index (χ0) is 87.7. The van der Waals surface area contributed by atoms with Gasteiger partial charge in [-0.05, 0) is 169 Å². The van der Waals surface area contributed by atoms with Crippen LogP contribution in [0.4, 0.5) is 0 Å². The SMILES string of the molecule is C#CC#CC#CC#CC#CC#CC#CC#CC#CC#CC#CC#CC#CC#CC#CC#CC#CC#CC#CC#CC#CC#CC#CC#CC#CC#CC#CC#CC#CC#CC#CC#CC#CC#CC#CC#CC#CC#CC#CC#CC#CC#CC#CC#CC#Cc1ccc2c(c1)C1(c3cc(C)ccc3-2)c2cc(B3OCCO3)ccc2-c2ccc(B3OCCO3)cc21. The summed E-state index contributed by atoms with van der Waals surface area (Å²) in [7, 11) is -0.878. The van der Waals surface area contributed by atoms with Gasteiger partial charge in [0.05, 0.1) is 31.8 Å². The summed E-state index contributed by atoms with van der Waals surface area (Å²) >= 11 is 0. The molecule has 0 N–H and O–H groups in total. The zero-order valence-corrected chi connectivity index (χ0v) is 65.1. The van der Waals surface area contributed by atoms with Crippen LogP contribution in [0.3, 0.4) is 0 Å². The first-order valence-corrected chi connectivity index (χ1v) is 35.2. The number of fused-ring (bicyclic) bond motifs is 10. The van der Waals surface area contributed by atoms with E-state index in [1.165, 1.54) is 11.1 Å². The number of aryl methyl sites for hydroxylation is 1. The lowest BCUT2D eigenvalue weighted by molar-refractivity contribution is 0.365. The van der Waals surface area contributed by atoms with Gasteiger partial charge >= 0.3 is 14.2 Å². The van der Waals surface area contributed by atoms with Gasteiger partial charge in [0.2, 0.25) is 0 Å². The fourth-order valence-electron chi connectivity index (χ4n) is 9.65. The summed E-state index contributed by atoms with van der Waals surface area (Å²) in [5.74, 6) is 225. The molecule has 4 aliphatic rings. The quantitative estimate of drug-likeness (QED) is 0.195. The van der Waals surface area contributed by atoms with Crippen LogP contribution in [-0.4, -0.2) is 40.7 Å². The van der Waals surface area contributed by atoms with E-state index in [0.29, 0.717) is 26.4 Å². The molecule has 126 heavy (non-hydrogen) atoms. The van der Waals surface area contributed by atoms with Gasteiger partial charge < -0.3 is 18.6 Å². The molecular formula is C120H24B2O4. The molecule has 2 aliphatic heterocycles. The highest BCUT2D eigenvalue weighted by Gasteiger charge is 2.53. The number of hydrogen-bond acceptors (Lipinski definition) is 4. The van der Waals surface area contributed by atoms with Gasteiger partial charge in [-0.1, -0.05) is 72.1 Å².